The van der Waals surface area contributed by atoms with Crippen LogP contribution in [0, 0.1) is 17.1 Å². The van der Waals surface area contributed by atoms with Crippen molar-refractivity contribution >= 4 is 0 Å². The Balaban J connectivity index is 3.20. The molecular formula is C10H10FNO. The van der Waals surface area contributed by atoms with Gasteiger partial charge in [0.15, 0.2) is 0 Å². The van der Waals surface area contributed by atoms with Gasteiger partial charge in [0.1, 0.15) is 11.9 Å². The molecule has 0 spiro atoms. The van der Waals surface area contributed by atoms with Crippen LogP contribution in [0.1, 0.15) is 25.0 Å². The van der Waals surface area contributed by atoms with Crippen molar-refractivity contribution in [2.75, 3.05) is 0 Å². The molecule has 0 atom stereocenters. The van der Waals surface area contributed by atoms with Crippen molar-refractivity contribution in [3.63, 3.8) is 0 Å². The molecule has 0 unspecified atom stereocenters. The third-order valence-corrected chi connectivity index (χ3v) is 1.80. The molecule has 1 aromatic rings. The van der Waals surface area contributed by atoms with Gasteiger partial charge in [0, 0.05) is 0 Å². The lowest BCUT2D eigenvalue weighted by atomic mass is 9.97. The molecule has 0 saturated heterocycles. The molecule has 2 nitrogen and oxygen atoms in total. The van der Waals surface area contributed by atoms with Gasteiger partial charge in [0.25, 0.3) is 0 Å². The molecule has 68 valence electrons. The van der Waals surface area contributed by atoms with Crippen molar-refractivity contribution in [3.05, 3.63) is 35.1 Å². The molecule has 0 amide bonds. The van der Waals surface area contributed by atoms with Crippen LogP contribution >= 0.6 is 0 Å². The minimum absolute atomic E-state index is 0.00648. The standard InChI is InChI=1S/C10H10FNO/c1-10(2,13)8-4-3-7(6-12)9(11)5-8/h3-5,13H,1-2H3. The van der Waals surface area contributed by atoms with Crippen molar-refractivity contribution in [1.29, 1.82) is 5.26 Å². The maximum Gasteiger partial charge on any atom is 0.141 e. The maximum absolute atomic E-state index is 13.0. The summed E-state index contributed by atoms with van der Waals surface area (Å²) in [5.74, 6) is -0.595. The summed E-state index contributed by atoms with van der Waals surface area (Å²) in [5, 5.41) is 18.0. The van der Waals surface area contributed by atoms with E-state index < -0.39 is 11.4 Å². The van der Waals surface area contributed by atoms with Gasteiger partial charge in [0.2, 0.25) is 0 Å². The minimum Gasteiger partial charge on any atom is -0.386 e. The van der Waals surface area contributed by atoms with Crippen molar-refractivity contribution in [2.45, 2.75) is 19.4 Å². The Morgan fingerprint density at radius 2 is 2.08 bits per heavy atom. The van der Waals surface area contributed by atoms with Crippen LogP contribution in [0.3, 0.4) is 0 Å². The number of hydrogen-bond acceptors (Lipinski definition) is 2. The monoisotopic (exact) mass is 179 g/mol. The number of halogens is 1. The van der Waals surface area contributed by atoms with E-state index in [1.54, 1.807) is 26.0 Å². The molecule has 0 bridgehead atoms. The average molecular weight is 179 g/mol. The topological polar surface area (TPSA) is 44.0 Å². The lowest BCUT2D eigenvalue weighted by Crippen LogP contribution is -2.15. The van der Waals surface area contributed by atoms with Crippen LogP contribution in [0.5, 0.6) is 0 Å². The summed E-state index contributed by atoms with van der Waals surface area (Å²) in [6.45, 7) is 3.13. The first-order valence-corrected chi connectivity index (χ1v) is 3.87. The molecule has 13 heavy (non-hydrogen) atoms. The first kappa shape index (κ1) is 9.69. The molecule has 1 N–H and O–H groups in total. The van der Waals surface area contributed by atoms with Crippen LogP contribution < -0.4 is 0 Å². The van der Waals surface area contributed by atoms with E-state index >= 15 is 0 Å². The van der Waals surface area contributed by atoms with E-state index in [0.717, 1.165) is 0 Å². The number of nitrogens with zero attached hydrogens (tertiary/aromatic N) is 1. The predicted octanol–water partition coefficient (Wildman–Crippen LogP) is 1.92. The molecule has 0 heterocycles. The highest BCUT2D eigenvalue weighted by atomic mass is 19.1. The van der Waals surface area contributed by atoms with Gasteiger partial charge in [-0.05, 0) is 31.5 Å². The number of nitriles is 1. The molecule has 0 saturated carbocycles. The summed E-state index contributed by atoms with van der Waals surface area (Å²) in [6, 6.07) is 5.80. The smallest absolute Gasteiger partial charge is 0.141 e. The first-order valence-electron chi connectivity index (χ1n) is 3.87. The third kappa shape index (κ3) is 2.04. The zero-order valence-corrected chi connectivity index (χ0v) is 7.50. The Kier molecular flexibility index (Phi) is 2.35. The van der Waals surface area contributed by atoms with E-state index in [4.69, 9.17) is 5.26 Å². The summed E-state index contributed by atoms with van der Waals surface area (Å²) in [4.78, 5) is 0. The van der Waals surface area contributed by atoms with Crippen LogP contribution in [-0.2, 0) is 5.60 Å². The Morgan fingerprint density at radius 1 is 1.46 bits per heavy atom. The second-order valence-corrected chi connectivity index (χ2v) is 3.37. The molecule has 1 rings (SSSR count). The predicted molar refractivity (Wildman–Crippen MR) is 46.4 cm³/mol. The number of rotatable bonds is 1. The fraction of sp³-hybridized carbons (Fsp3) is 0.300. The van der Waals surface area contributed by atoms with Gasteiger partial charge in [0.05, 0.1) is 11.2 Å². The molecule has 1 aromatic carbocycles. The van der Waals surface area contributed by atoms with E-state index in [2.05, 4.69) is 0 Å². The van der Waals surface area contributed by atoms with E-state index in [-0.39, 0.29) is 5.56 Å². The van der Waals surface area contributed by atoms with Crippen LogP contribution in [0.4, 0.5) is 4.39 Å². The molecule has 3 heteroatoms. The molecule has 0 aliphatic heterocycles. The Morgan fingerprint density at radius 3 is 2.46 bits per heavy atom. The van der Waals surface area contributed by atoms with Crippen molar-refractivity contribution in [1.82, 2.24) is 0 Å². The van der Waals surface area contributed by atoms with Crippen LogP contribution in [0.2, 0.25) is 0 Å². The zero-order chi connectivity index (χ0) is 10.1. The van der Waals surface area contributed by atoms with Gasteiger partial charge in [-0.25, -0.2) is 4.39 Å². The zero-order valence-electron chi connectivity index (χ0n) is 7.50. The number of aliphatic hydroxyl groups is 1. The van der Waals surface area contributed by atoms with Crippen molar-refractivity contribution in [3.8, 4) is 6.07 Å². The van der Waals surface area contributed by atoms with E-state index in [1.165, 1.54) is 12.1 Å². The highest BCUT2D eigenvalue weighted by molar-refractivity contribution is 5.35. The van der Waals surface area contributed by atoms with Crippen LogP contribution in [-0.4, -0.2) is 5.11 Å². The summed E-state index contributed by atoms with van der Waals surface area (Å²) in [6.07, 6.45) is 0. The van der Waals surface area contributed by atoms with Gasteiger partial charge < -0.3 is 5.11 Å². The molecule has 0 aliphatic rings. The Bertz CT molecular complexity index is 360. The lowest BCUT2D eigenvalue weighted by molar-refractivity contribution is 0.0782. The van der Waals surface area contributed by atoms with Crippen molar-refractivity contribution in [2.24, 2.45) is 0 Å². The third-order valence-electron chi connectivity index (χ3n) is 1.80. The number of benzene rings is 1. The molecule has 0 aliphatic carbocycles. The normalized spacial score (nSPS) is 11.0. The lowest BCUT2D eigenvalue weighted by Gasteiger charge is -2.17. The van der Waals surface area contributed by atoms with Crippen LogP contribution in [0.25, 0.3) is 0 Å². The largest absolute Gasteiger partial charge is 0.386 e. The van der Waals surface area contributed by atoms with E-state index in [0.29, 0.717) is 5.56 Å². The van der Waals surface area contributed by atoms with Crippen LogP contribution in [0.15, 0.2) is 18.2 Å². The molecular weight excluding hydrogens is 169 g/mol. The second kappa shape index (κ2) is 3.15. The molecule has 0 fully saturated rings. The summed E-state index contributed by atoms with van der Waals surface area (Å²) in [7, 11) is 0. The highest BCUT2D eigenvalue weighted by Crippen LogP contribution is 2.21. The highest BCUT2D eigenvalue weighted by Gasteiger charge is 2.17. The van der Waals surface area contributed by atoms with Gasteiger partial charge in [-0.3, -0.25) is 0 Å². The van der Waals surface area contributed by atoms with Gasteiger partial charge in [-0.15, -0.1) is 0 Å². The van der Waals surface area contributed by atoms with E-state index in [9.17, 15) is 9.50 Å². The summed E-state index contributed by atoms with van der Waals surface area (Å²) < 4.78 is 13.0. The maximum atomic E-state index is 13.0. The fourth-order valence-corrected chi connectivity index (χ4v) is 0.986. The molecule has 0 aromatic heterocycles. The minimum atomic E-state index is -1.07. The summed E-state index contributed by atoms with van der Waals surface area (Å²) in [5.41, 5.74) is -0.619. The average Bonchev–Trinajstić information content (AvgIpc) is 2.02. The fourth-order valence-electron chi connectivity index (χ4n) is 0.986. The molecule has 0 radical (unpaired) electrons. The summed E-state index contributed by atoms with van der Waals surface area (Å²) >= 11 is 0. The van der Waals surface area contributed by atoms with Gasteiger partial charge >= 0.3 is 0 Å². The van der Waals surface area contributed by atoms with Crippen molar-refractivity contribution < 1.29 is 9.50 Å². The Labute approximate surface area is 76.2 Å². The van der Waals surface area contributed by atoms with E-state index in [1.807, 2.05) is 0 Å². The second-order valence-electron chi connectivity index (χ2n) is 3.37. The van der Waals surface area contributed by atoms with Gasteiger partial charge in [-0.2, -0.15) is 5.26 Å². The Hall–Kier alpha value is -1.40. The number of hydrogen-bond donors (Lipinski definition) is 1. The van der Waals surface area contributed by atoms with Gasteiger partial charge in [-0.1, -0.05) is 6.07 Å². The SMILES string of the molecule is CC(C)(O)c1ccc(C#N)c(F)c1. The first-order chi connectivity index (χ1) is 5.95. The quantitative estimate of drug-likeness (QED) is 0.715.